The van der Waals surface area contributed by atoms with E-state index in [0.29, 0.717) is 65.6 Å². The molecule has 1 fully saturated rings. The number of aromatic nitrogens is 5. The molecule has 2 aromatic carbocycles. The summed E-state index contributed by atoms with van der Waals surface area (Å²) < 4.78 is 17.4. The fourth-order valence-electron chi connectivity index (χ4n) is 5.11. The topological polar surface area (TPSA) is 132 Å². The molecule has 1 N–H and O–H groups in total. The number of aromatic amines is 1. The van der Waals surface area contributed by atoms with Crippen molar-refractivity contribution in [3.05, 3.63) is 53.7 Å². The Bertz CT molecular complexity index is 1530. The number of ether oxygens (including phenoxy) is 3. The Kier molecular flexibility index (Phi) is 7.08. The first kappa shape index (κ1) is 26.1. The van der Waals surface area contributed by atoms with Crippen LogP contribution in [-0.2, 0) is 0 Å². The summed E-state index contributed by atoms with van der Waals surface area (Å²) in [6.45, 7) is 0.882. The molecule has 4 heterocycles. The van der Waals surface area contributed by atoms with E-state index in [1.54, 1.807) is 43.4 Å². The second-order valence-electron chi connectivity index (χ2n) is 9.19. The molecule has 2 aliphatic rings. The van der Waals surface area contributed by atoms with Gasteiger partial charge in [-0.15, -0.1) is 10.2 Å². The largest absolute Gasteiger partial charge is 1.00 e. The molecule has 11 nitrogen and oxygen atoms in total. The van der Waals surface area contributed by atoms with Gasteiger partial charge in [-0.25, -0.2) is 4.98 Å². The molecule has 2 aliphatic heterocycles. The van der Waals surface area contributed by atoms with Gasteiger partial charge in [-0.05, 0) is 35.5 Å². The van der Waals surface area contributed by atoms with Gasteiger partial charge in [0.25, 0.3) is 5.91 Å². The molecule has 6 rings (SSSR count). The Labute approximate surface area is 241 Å². The quantitative estimate of drug-likeness (QED) is 0.372. The van der Waals surface area contributed by atoms with Gasteiger partial charge in [-0.2, -0.15) is 5.21 Å². The van der Waals surface area contributed by atoms with Gasteiger partial charge < -0.3 is 20.5 Å². The Morgan fingerprint density at radius 3 is 2.61 bits per heavy atom. The Morgan fingerprint density at radius 2 is 1.89 bits per heavy atom. The molecule has 0 aliphatic carbocycles. The minimum Gasteiger partial charge on any atom is -1.00 e. The maximum Gasteiger partial charge on any atom is 1.00 e. The molecule has 12 heteroatoms. The first-order valence-electron chi connectivity index (χ1n) is 11.9. The molecule has 0 atom stereocenters. The van der Waals surface area contributed by atoms with E-state index in [0.717, 1.165) is 5.39 Å². The third-order valence-corrected chi connectivity index (χ3v) is 7.08. The number of carbonyl (C=O) groups is 2. The number of para-hydroxylation sites is 1. The van der Waals surface area contributed by atoms with E-state index >= 15 is 0 Å². The average molecular weight is 525 g/mol. The number of Topliss-reactive ketones (excluding diaryl/α,β-unsaturated/α-hetero) is 1. The molecule has 1 amide bonds. The maximum atomic E-state index is 13.4. The van der Waals surface area contributed by atoms with Gasteiger partial charge in [-0.1, -0.05) is 6.07 Å². The smallest absolute Gasteiger partial charge is 1.00 e. The van der Waals surface area contributed by atoms with Crippen molar-refractivity contribution < 1.29 is 54.8 Å². The van der Waals surface area contributed by atoms with E-state index in [1.807, 2.05) is 18.2 Å². The van der Waals surface area contributed by atoms with Gasteiger partial charge in [0.05, 0.1) is 26.2 Å². The molecule has 0 radical (unpaired) electrons. The predicted octanol–water partition coefficient (Wildman–Crippen LogP) is 0.189. The number of benzene rings is 2. The molecule has 0 unspecified atom stereocenters. The average Bonchev–Trinajstić information content (AvgIpc) is 3.47. The minimum atomic E-state index is -0.647. The first-order valence-corrected chi connectivity index (χ1v) is 11.9. The number of fused-ring (bicyclic) bond motifs is 2. The van der Waals surface area contributed by atoms with Crippen molar-refractivity contribution in [1.82, 2.24) is 30.5 Å². The van der Waals surface area contributed by atoms with Crippen LogP contribution in [0.1, 0.15) is 41.5 Å². The zero-order valence-corrected chi connectivity index (χ0v) is 23.4. The van der Waals surface area contributed by atoms with Crippen LogP contribution in [0.4, 0.5) is 0 Å². The van der Waals surface area contributed by atoms with Gasteiger partial charge in [0.15, 0.2) is 5.78 Å². The number of pyridine rings is 1. The van der Waals surface area contributed by atoms with Crippen LogP contribution in [0.15, 0.2) is 42.5 Å². The van der Waals surface area contributed by atoms with Gasteiger partial charge in [0.1, 0.15) is 34.1 Å². The van der Waals surface area contributed by atoms with Gasteiger partial charge in [-0.3, -0.25) is 9.59 Å². The zero-order valence-electron chi connectivity index (χ0n) is 22.4. The number of nitrogens with zero attached hydrogens (tertiary/aromatic N) is 5. The van der Waals surface area contributed by atoms with Gasteiger partial charge >= 0.3 is 29.6 Å². The molecule has 1 saturated heterocycles. The summed E-state index contributed by atoms with van der Waals surface area (Å²) in [6.07, 6.45) is 1.31. The fraction of sp³-hybridized carbons (Fsp3) is 0.308. The van der Waals surface area contributed by atoms with Gasteiger partial charge in [0, 0.05) is 42.9 Å². The Hall–Kier alpha value is -3.54. The molecule has 38 heavy (non-hydrogen) atoms. The van der Waals surface area contributed by atoms with Gasteiger partial charge in [0.2, 0.25) is 5.82 Å². The summed E-state index contributed by atoms with van der Waals surface area (Å²) in [5, 5.41) is 14.7. The van der Waals surface area contributed by atoms with Crippen LogP contribution in [0, 0.1) is 0 Å². The van der Waals surface area contributed by atoms with Crippen LogP contribution >= 0.6 is 0 Å². The van der Waals surface area contributed by atoms with Crippen LogP contribution in [0.5, 0.6) is 17.2 Å². The van der Waals surface area contributed by atoms with Crippen molar-refractivity contribution in [2.75, 3.05) is 27.3 Å². The number of H-pyrrole nitrogens is 1. The number of likely N-dealkylation sites (tertiary alicyclic amines) is 1. The normalized spacial score (nSPS) is 15.9. The van der Waals surface area contributed by atoms with Crippen molar-refractivity contribution in [3.63, 3.8) is 0 Å². The van der Waals surface area contributed by atoms with Crippen LogP contribution < -0.4 is 43.8 Å². The SMILES string of the molecule is COc1cc(C(=O)N2CCC3(CC2)CC(=O)c2cc(-c4nn[nH]n4)ccc2O3)nc2c(OC)cccc12.[H-].[Na+]. The second-order valence-corrected chi connectivity index (χ2v) is 9.19. The summed E-state index contributed by atoms with van der Waals surface area (Å²) >= 11 is 0. The van der Waals surface area contributed by atoms with Crippen LogP contribution in [-0.4, -0.2) is 75.1 Å². The number of ketones is 1. The summed E-state index contributed by atoms with van der Waals surface area (Å²) in [4.78, 5) is 32.9. The molecule has 190 valence electrons. The van der Waals surface area contributed by atoms with Crippen LogP contribution in [0.3, 0.4) is 0 Å². The number of tetrazole rings is 1. The third kappa shape index (κ3) is 4.50. The molecule has 0 saturated carbocycles. The number of carbonyl (C=O) groups excluding carboxylic acids is 2. The van der Waals surface area contributed by atoms with Crippen molar-refractivity contribution in [1.29, 1.82) is 0 Å². The Morgan fingerprint density at radius 1 is 1.11 bits per heavy atom. The summed E-state index contributed by atoms with van der Waals surface area (Å²) in [5.41, 5.74) is 1.40. The number of piperidine rings is 1. The maximum absolute atomic E-state index is 13.4. The standard InChI is InChI=1S/C26H24N6O5.Na.H/c1-35-21-5-3-4-16-22(36-2)13-18(27-23(16)21)25(34)32-10-8-26(9-11-32)14-19(33)17-12-15(6-7-20(17)37-26)24-28-30-31-29-24;;/h3-7,12-13H,8-11,14H2,1-2H3,(H,28,29,30,31);;/q;+1;-1. The van der Waals surface area contributed by atoms with Crippen molar-refractivity contribution in [3.8, 4) is 28.6 Å². The second kappa shape index (κ2) is 10.3. The zero-order chi connectivity index (χ0) is 25.6. The molecule has 0 bridgehead atoms. The summed E-state index contributed by atoms with van der Waals surface area (Å²) in [5.74, 6) is 1.88. The Balaban J connectivity index is 0.00000176. The number of nitrogens with one attached hydrogen (secondary N) is 1. The number of hydrogen-bond donors (Lipinski definition) is 1. The van der Waals surface area contributed by atoms with Crippen molar-refractivity contribution >= 4 is 22.6 Å². The molecular formula is C26H25N6NaO5. The molecule has 2 aromatic heterocycles. The van der Waals surface area contributed by atoms with E-state index in [1.165, 1.54) is 0 Å². The van der Waals surface area contributed by atoms with Crippen LogP contribution in [0.2, 0.25) is 0 Å². The number of methoxy groups -OCH3 is 2. The summed E-state index contributed by atoms with van der Waals surface area (Å²) in [7, 11) is 3.13. The van der Waals surface area contributed by atoms with E-state index in [2.05, 4.69) is 25.6 Å². The van der Waals surface area contributed by atoms with Crippen LogP contribution in [0.25, 0.3) is 22.3 Å². The number of rotatable bonds is 4. The molecule has 1 spiro atoms. The third-order valence-electron chi connectivity index (χ3n) is 7.08. The molecule has 4 aromatic rings. The van der Waals surface area contributed by atoms with E-state index in [-0.39, 0.29) is 54.8 Å². The van der Waals surface area contributed by atoms with E-state index in [4.69, 9.17) is 14.2 Å². The predicted molar refractivity (Wildman–Crippen MR) is 133 cm³/mol. The van der Waals surface area contributed by atoms with Crippen molar-refractivity contribution in [2.24, 2.45) is 0 Å². The monoisotopic (exact) mass is 524 g/mol. The van der Waals surface area contributed by atoms with Crippen molar-refractivity contribution in [2.45, 2.75) is 24.9 Å². The summed E-state index contributed by atoms with van der Waals surface area (Å²) in [6, 6.07) is 12.5. The van der Waals surface area contributed by atoms with E-state index < -0.39 is 5.60 Å². The number of amides is 1. The van der Waals surface area contributed by atoms with E-state index in [9.17, 15) is 9.59 Å². The number of hydrogen-bond acceptors (Lipinski definition) is 9. The minimum absolute atomic E-state index is 0. The first-order chi connectivity index (χ1) is 18.0. The molecular weight excluding hydrogens is 499 g/mol. The fourth-order valence-corrected chi connectivity index (χ4v) is 5.11.